The van der Waals surface area contributed by atoms with Crippen LogP contribution < -0.4 is 5.32 Å². The largest absolute Gasteiger partial charge is 0.314 e. The number of carbonyl (C=O) groups excluding carboxylic acids is 1. The number of nitrogens with zero attached hydrogens (tertiary/aromatic N) is 1. The Labute approximate surface area is 79.6 Å². The van der Waals surface area contributed by atoms with Gasteiger partial charge in [-0.3, -0.25) is 9.79 Å². The molecule has 0 spiro atoms. The van der Waals surface area contributed by atoms with Crippen molar-refractivity contribution >= 4 is 11.7 Å². The van der Waals surface area contributed by atoms with Crippen molar-refractivity contribution < 1.29 is 4.79 Å². The van der Waals surface area contributed by atoms with Gasteiger partial charge in [0.1, 0.15) is 5.84 Å². The van der Waals surface area contributed by atoms with E-state index in [-0.39, 0.29) is 11.9 Å². The monoisotopic (exact) mass is 182 g/mol. The maximum Gasteiger partial charge on any atom is 0.227 e. The molecule has 1 heterocycles. The lowest BCUT2D eigenvalue weighted by atomic mass is 10.0. The van der Waals surface area contributed by atoms with Crippen LogP contribution in [0.3, 0.4) is 0 Å². The van der Waals surface area contributed by atoms with E-state index in [0.717, 1.165) is 18.7 Å². The second kappa shape index (κ2) is 4.40. The van der Waals surface area contributed by atoms with E-state index in [1.807, 2.05) is 6.92 Å². The first-order valence-electron chi connectivity index (χ1n) is 5.01. The van der Waals surface area contributed by atoms with Gasteiger partial charge in [-0.25, -0.2) is 0 Å². The van der Waals surface area contributed by atoms with E-state index < -0.39 is 0 Å². The van der Waals surface area contributed by atoms with Crippen LogP contribution in [0.2, 0.25) is 0 Å². The fourth-order valence-electron chi connectivity index (χ4n) is 1.60. The van der Waals surface area contributed by atoms with Crippen LogP contribution in [0.1, 0.15) is 40.0 Å². The summed E-state index contributed by atoms with van der Waals surface area (Å²) in [7, 11) is 0. The summed E-state index contributed by atoms with van der Waals surface area (Å²) < 4.78 is 0. The van der Waals surface area contributed by atoms with Gasteiger partial charge in [0.25, 0.3) is 0 Å². The fraction of sp³-hybridized carbons (Fsp3) is 0.800. The molecule has 1 rings (SSSR count). The predicted octanol–water partition coefficient (Wildman–Crippen LogP) is 1.73. The van der Waals surface area contributed by atoms with Gasteiger partial charge in [0.2, 0.25) is 5.91 Å². The highest BCUT2D eigenvalue weighted by molar-refractivity contribution is 6.01. The van der Waals surface area contributed by atoms with Crippen LogP contribution in [0.15, 0.2) is 4.99 Å². The number of carbonyl (C=O) groups is 1. The Morgan fingerprint density at radius 3 is 2.92 bits per heavy atom. The minimum atomic E-state index is 0.112. The van der Waals surface area contributed by atoms with Crippen molar-refractivity contribution in [2.75, 3.05) is 0 Å². The summed E-state index contributed by atoms with van der Waals surface area (Å²) in [6.07, 6.45) is 2.75. The Morgan fingerprint density at radius 1 is 1.69 bits per heavy atom. The highest BCUT2D eigenvalue weighted by atomic mass is 16.1. The van der Waals surface area contributed by atoms with Crippen LogP contribution in [0.4, 0.5) is 0 Å². The van der Waals surface area contributed by atoms with Gasteiger partial charge >= 0.3 is 0 Å². The molecular weight excluding hydrogens is 164 g/mol. The van der Waals surface area contributed by atoms with Gasteiger partial charge in [0, 0.05) is 12.3 Å². The van der Waals surface area contributed by atoms with E-state index in [2.05, 4.69) is 24.2 Å². The number of amidine groups is 1. The summed E-state index contributed by atoms with van der Waals surface area (Å²) in [4.78, 5) is 15.6. The second-order valence-electron chi connectivity index (χ2n) is 3.81. The normalized spacial score (nSPS) is 25.0. The molecule has 0 aromatic carbocycles. The summed E-state index contributed by atoms with van der Waals surface area (Å²) in [5.41, 5.74) is 0. The molecule has 3 heteroatoms. The molecular formula is C10H18N2O. The van der Waals surface area contributed by atoms with Crippen LogP contribution >= 0.6 is 0 Å². The van der Waals surface area contributed by atoms with Gasteiger partial charge in [-0.2, -0.15) is 0 Å². The molecule has 3 nitrogen and oxygen atoms in total. The van der Waals surface area contributed by atoms with Crippen molar-refractivity contribution in [1.82, 2.24) is 5.32 Å². The number of amides is 1. The average molecular weight is 182 g/mol. The fourth-order valence-corrected chi connectivity index (χ4v) is 1.60. The van der Waals surface area contributed by atoms with E-state index in [9.17, 15) is 4.79 Å². The highest BCUT2D eigenvalue weighted by Crippen LogP contribution is 2.12. The van der Waals surface area contributed by atoms with Crippen molar-refractivity contribution in [3.8, 4) is 0 Å². The molecule has 0 saturated carbocycles. The Bertz CT molecular complexity index is 223. The SMILES string of the molecule is CCCC(C)C1=NC(C)CC(=O)N1. The van der Waals surface area contributed by atoms with Crippen LogP contribution in [0, 0.1) is 5.92 Å². The van der Waals surface area contributed by atoms with Crippen LogP contribution in [-0.4, -0.2) is 17.8 Å². The zero-order valence-corrected chi connectivity index (χ0v) is 8.63. The maximum atomic E-state index is 11.2. The molecule has 0 aromatic rings. The van der Waals surface area contributed by atoms with Crippen molar-refractivity contribution in [3.63, 3.8) is 0 Å². The Kier molecular flexibility index (Phi) is 3.46. The van der Waals surface area contributed by atoms with E-state index in [0.29, 0.717) is 12.3 Å². The van der Waals surface area contributed by atoms with Crippen LogP contribution in [-0.2, 0) is 4.79 Å². The number of nitrogens with one attached hydrogen (secondary N) is 1. The topological polar surface area (TPSA) is 41.5 Å². The van der Waals surface area contributed by atoms with Gasteiger partial charge < -0.3 is 5.32 Å². The minimum Gasteiger partial charge on any atom is -0.314 e. The maximum absolute atomic E-state index is 11.2. The van der Waals surface area contributed by atoms with Gasteiger partial charge in [0.15, 0.2) is 0 Å². The minimum absolute atomic E-state index is 0.112. The molecule has 1 amide bonds. The average Bonchev–Trinajstić information content (AvgIpc) is 2.03. The molecule has 0 aliphatic carbocycles. The Balaban J connectivity index is 2.62. The van der Waals surface area contributed by atoms with E-state index in [4.69, 9.17) is 0 Å². The molecule has 1 aliphatic rings. The third-order valence-corrected chi connectivity index (χ3v) is 2.30. The first-order chi connectivity index (χ1) is 6.13. The van der Waals surface area contributed by atoms with E-state index >= 15 is 0 Å². The van der Waals surface area contributed by atoms with Crippen LogP contribution in [0.5, 0.6) is 0 Å². The van der Waals surface area contributed by atoms with Gasteiger partial charge in [-0.05, 0) is 13.3 Å². The summed E-state index contributed by atoms with van der Waals surface area (Å²) in [5.74, 6) is 1.38. The first-order valence-corrected chi connectivity index (χ1v) is 5.01. The van der Waals surface area contributed by atoms with E-state index in [1.165, 1.54) is 0 Å². The number of hydrogen-bond acceptors (Lipinski definition) is 2. The molecule has 1 N–H and O–H groups in total. The number of rotatable bonds is 3. The quantitative estimate of drug-likeness (QED) is 0.709. The molecule has 2 unspecified atom stereocenters. The van der Waals surface area contributed by atoms with Crippen molar-refractivity contribution in [2.24, 2.45) is 10.9 Å². The number of hydrogen-bond donors (Lipinski definition) is 1. The Hall–Kier alpha value is -0.860. The molecule has 13 heavy (non-hydrogen) atoms. The zero-order chi connectivity index (χ0) is 9.84. The third-order valence-electron chi connectivity index (χ3n) is 2.30. The van der Waals surface area contributed by atoms with Crippen molar-refractivity contribution in [3.05, 3.63) is 0 Å². The summed E-state index contributed by atoms with van der Waals surface area (Å²) in [6, 6.07) is 0.156. The molecule has 0 saturated heterocycles. The lowest BCUT2D eigenvalue weighted by Crippen LogP contribution is -2.40. The second-order valence-corrected chi connectivity index (χ2v) is 3.81. The third kappa shape index (κ3) is 2.83. The zero-order valence-electron chi connectivity index (χ0n) is 8.63. The molecule has 1 aliphatic heterocycles. The van der Waals surface area contributed by atoms with Crippen molar-refractivity contribution in [2.45, 2.75) is 46.1 Å². The summed E-state index contributed by atoms with van der Waals surface area (Å²) in [6.45, 7) is 6.24. The number of aliphatic imine (C=N–C) groups is 1. The molecule has 2 atom stereocenters. The smallest absolute Gasteiger partial charge is 0.227 e. The lowest BCUT2D eigenvalue weighted by Gasteiger charge is -2.22. The van der Waals surface area contributed by atoms with Gasteiger partial charge in [0.05, 0.1) is 6.04 Å². The van der Waals surface area contributed by atoms with Gasteiger partial charge in [-0.15, -0.1) is 0 Å². The summed E-state index contributed by atoms with van der Waals surface area (Å²) in [5, 5.41) is 2.84. The molecule has 74 valence electrons. The molecule has 0 fully saturated rings. The predicted molar refractivity (Wildman–Crippen MR) is 53.7 cm³/mol. The molecule has 0 bridgehead atoms. The Morgan fingerprint density at radius 2 is 2.38 bits per heavy atom. The molecule has 0 aromatic heterocycles. The molecule has 0 radical (unpaired) electrons. The highest BCUT2D eigenvalue weighted by Gasteiger charge is 2.20. The first kappa shape index (κ1) is 10.2. The van der Waals surface area contributed by atoms with E-state index in [1.54, 1.807) is 0 Å². The van der Waals surface area contributed by atoms with Gasteiger partial charge in [-0.1, -0.05) is 20.3 Å². The standard InChI is InChI=1S/C10H18N2O/c1-4-5-7(2)10-11-8(3)6-9(13)12-10/h7-8H,4-6H2,1-3H3,(H,11,12,13). The lowest BCUT2D eigenvalue weighted by molar-refractivity contribution is -0.120. The summed E-state index contributed by atoms with van der Waals surface area (Å²) >= 11 is 0. The van der Waals surface area contributed by atoms with Crippen molar-refractivity contribution in [1.29, 1.82) is 0 Å². The van der Waals surface area contributed by atoms with Crippen LogP contribution in [0.25, 0.3) is 0 Å².